The summed E-state index contributed by atoms with van der Waals surface area (Å²) in [7, 11) is 0. The van der Waals surface area contributed by atoms with Crippen LogP contribution >= 0.6 is 27.7 Å². The smallest absolute Gasteiger partial charge is 0.313 e. The fraction of sp³-hybridized carbons (Fsp3) is 0.182. The second-order valence-corrected chi connectivity index (χ2v) is 5.31. The molecular weight excluding hydrogens is 318 g/mol. The van der Waals surface area contributed by atoms with Crippen molar-refractivity contribution in [3.05, 3.63) is 34.6 Å². The molecule has 1 aromatic carbocycles. The fourth-order valence-electron chi connectivity index (χ4n) is 1.43. The number of aromatic nitrogens is 3. The summed E-state index contributed by atoms with van der Waals surface area (Å²) in [5.74, 6) is -0.917. The van der Waals surface area contributed by atoms with Gasteiger partial charge in [0.15, 0.2) is 5.16 Å². The Bertz CT molecular complexity index is 585. The molecule has 0 unspecified atom stereocenters. The number of nitrogens with zero attached hydrogens (tertiary/aromatic N) is 3. The highest BCUT2D eigenvalue weighted by atomic mass is 79.9. The van der Waals surface area contributed by atoms with Gasteiger partial charge < -0.3 is 5.11 Å². The number of carboxylic acid groups (broad SMARTS) is 1. The summed E-state index contributed by atoms with van der Waals surface area (Å²) in [4.78, 5) is 10.6. The molecule has 0 radical (unpaired) electrons. The van der Waals surface area contributed by atoms with Crippen molar-refractivity contribution in [2.75, 3.05) is 5.75 Å². The maximum absolute atomic E-state index is 10.6. The van der Waals surface area contributed by atoms with E-state index in [4.69, 9.17) is 5.11 Å². The Morgan fingerprint density at radius 3 is 3.06 bits per heavy atom. The summed E-state index contributed by atoms with van der Waals surface area (Å²) in [6, 6.07) is 5.84. The lowest BCUT2D eigenvalue weighted by Crippen LogP contribution is -2.02. The van der Waals surface area contributed by atoms with E-state index in [9.17, 15) is 4.79 Å². The molecule has 0 fully saturated rings. The topological polar surface area (TPSA) is 68.0 Å². The number of aryl methyl sites for hydroxylation is 1. The number of carboxylic acids is 1. The normalized spacial score (nSPS) is 10.6. The van der Waals surface area contributed by atoms with E-state index in [2.05, 4.69) is 26.1 Å². The van der Waals surface area contributed by atoms with E-state index < -0.39 is 5.97 Å². The standard InChI is InChI=1S/C11H10BrN3O2S/c1-7-3-2-4-8(10(7)12)15-6-13-14-11(15)18-5-9(16)17/h2-4,6H,5H2,1H3,(H,16,17). The SMILES string of the molecule is Cc1cccc(-n2cnnc2SCC(=O)O)c1Br. The van der Waals surface area contributed by atoms with Gasteiger partial charge in [-0.2, -0.15) is 0 Å². The van der Waals surface area contributed by atoms with Gasteiger partial charge in [0, 0.05) is 4.47 Å². The third-order valence-electron chi connectivity index (χ3n) is 2.27. The second-order valence-electron chi connectivity index (χ2n) is 3.57. The molecule has 2 rings (SSSR count). The molecule has 1 heterocycles. The highest BCUT2D eigenvalue weighted by Crippen LogP contribution is 2.27. The summed E-state index contributed by atoms with van der Waals surface area (Å²) in [6.45, 7) is 1.99. The molecule has 18 heavy (non-hydrogen) atoms. The van der Waals surface area contributed by atoms with Gasteiger partial charge in [-0.05, 0) is 34.5 Å². The zero-order valence-corrected chi connectivity index (χ0v) is 11.9. The zero-order chi connectivity index (χ0) is 13.1. The Morgan fingerprint density at radius 1 is 1.56 bits per heavy atom. The summed E-state index contributed by atoms with van der Waals surface area (Å²) in [5, 5.41) is 17.0. The number of thioether (sulfide) groups is 1. The Hall–Kier alpha value is -1.34. The van der Waals surface area contributed by atoms with Gasteiger partial charge in [-0.25, -0.2) is 0 Å². The molecule has 1 aromatic heterocycles. The number of hydrogen-bond donors (Lipinski definition) is 1. The molecule has 0 amide bonds. The van der Waals surface area contributed by atoms with Gasteiger partial charge in [0.25, 0.3) is 0 Å². The van der Waals surface area contributed by atoms with E-state index in [-0.39, 0.29) is 5.75 Å². The molecular formula is C11H10BrN3O2S. The Labute approximate surface area is 116 Å². The van der Waals surface area contributed by atoms with E-state index in [1.54, 1.807) is 10.9 Å². The molecule has 0 saturated carbocycles. The van der Waals surface area contributed by atoms with E-state index in [1.807, 2.05) is 25.1 Å². The number of benzene rings is 1. The molecule has 0 atom stereocenters. The Balaban J connectivity index is 2.36. The van der Waals surface area contributed by atoms with Crippen LogP contribution < -0.4 is 0 Å². The average Bonchev–Trinajstić information content (AvgIpc) is 2.78. The summed E-state index contributed by atoms with van der Waals surface area (Å²) in [5.41, 5.74) is 1.99. The molecule has 0 saturated heterocycles. The molecule has 0 aliphatic rings. The lowest BCUT2D eigenvalue weighted by molar-refractivity contribution is -0.133. The number of halogens is 1. The minimum atomic E-state index is -0.877. The molecule has 5 nitrogen and oxygen atoms in total. The lowest BCUT2D eigenvalue weighted by atomic mass is 10.2. The summed E-state index contributed by atoms with van der Waals surface area (Å²) in [6.07, 6.45) is 1.57. The average molecular weight is 328 g/mol. The molecule has 0 aliphatic heterocycles. The number of hydrogen-bond acceptors (Lipinski definition) is 4. The molecule has 2 aromatic rings. The lowest BCUT2D eigenvalue weighted by Gasteiger charge is -2.09. The van der Waals surface area contributed by atoms with Gasteiger partial charge in [-0.3, -0.25) is 9.36 Å². The van der Waals surface area contributed by atoms with E-state index in [0.717, 1.165) is 27.5 Å². The van der Waals surface area contributed by atoms with Gasteiger partial charge in [-0.1, -0.05) is 23.9 Å². The van der Waals surface area contributed by atoms with Crippen molar-refractivity contribution in [1.82, 2.24) is 14.8 Å². The molecule has 94 valence electrons. The van der Waals surface area contributed by atoms with Crippen molar-refractivity contribution in [3.63, 3.8) is 0 Å². The van der Waals surface area contributed by atoms with Crippen molar-refractivity contribution < 1.29 is 9.90 Å². The quantitative estimate of drug-likeness (QED) is 0.874. The highest BCUT2D eigenvalue weighted by molar-refractivity contribution is 9.10. The van der Waals surface area contributed by atoms with Gasteiger partial charge in [0.1, 0.15) is 6.33 Å². The largest absolute Gasteiger partial charge is 0.481 e. The third kappa shape index (κ3) is 2.73. The van der Waals surface area contributed by atoms with Crippen LogP contribution in [0.2, 0.25) is 0 Å². The van der Waals surface area contributed by atoms with Crippen LogP contribution in [0.5, 0.6) is 0 Å². The van der Waals surface area contributed by atoms with Crippen LogP contribution in [0.3, 0.4) is 0 Å². The van der Waals surface area contributed by atoms with Crippen LogP contribution in [0.15, 0.2) is 34.2 Å². The van der Waals surface area contributed by atoms with E-state index in [1.165, 1.54) is 0 Å². The number of rotatable bonds is 4. The number of aliphatic carboxylic acids is 1. The van der Waals surface area contributed by atoms with Crippen LogP contribution in [-0.4, -0.2) is 31.6 Å². The first kappa shape index (κ1) is 13.1. The zero-order valence-electron chi connectivity index (χ0n) is 9.50. The van der Waals surface area contributed by atoms with Crippen molar-refractivity contribution >= 4 is 33.7 Å². The Kier molecular flexibility index (Phi) is 4.03. The molecule has 0 spiro atoms. The maximum Gasteiger partial charge on any atom is 0.313 e. The van der Waals surface area contributed by atoms with Crippen molar-refractivity contribution in [1.29, 1.82) is 0 Å². The van der Waals surface area contributed by atoms with Crippen LogP contribution in [0.25, 0.3) is 5.69 Å². The first-order valence-corrected chi connectivity index (χ1v) is 6.87. The van der Waals surface area contributed by atoms with E-state index >= 15 is 0 Å². The van der Waals surface area contributed by atoms with Gasteiger partial charge in [0.2, 0.25) is 0 Å². The van der Waals surface area contributed by atoms with Crippen LogP contribution in [0.1, 0.15) is 5.56 Å². The molecule has 1 N–H and O–H groups in total. The van der Waals surface area contributed by atoms with Crippen LogP contribution in [0.4, 0.5) is 0 Å². The van der Waals surface area contributed by atoms with Gasteiger partial charge >= 0.3 is 5.97 Å². The molecule has 7 heteroatoms. The summed E-state index contributed by atoms with van der Waals surface area (Å²) < 4.78 is 2.71. The predicted molar refractivity (Wildman–Crippen MR) is 72.2 cm³/mol. The van der Waals surface area contributed by atoms with Crippen LogP contribution in [-0.2, 0) is 4.79 Å². The third-order valence-corrected chi connectivity index (χ3v) is 4.23. The minimum Gasteiger partial charge on any atom is -0.481 e. The fourth-order valence-corrected chi connectivity index (χ4v) is 2.53. The second kappa shape index (κ2) is 5.53. The Morgan fingerprint density at radius 2 is 2.33 bits per heavy atom. The molecule has 0 bridgehead atoms. The van der Waals surface area contributed by atoms with Gasteiger partial charge in [-0.15, -0.1) is 10.2 Å². The monoisotopic (exact) mass is 327 g/mol. The van der Waals surface area contributed by atoms with Crippen molar-refractivity contribution in [2.24, 2.45) is 0 Å². The van der Waals surface area contributed by atoms with Crippen molar-refractivity contribution in [2.45, 2.75) is 12.1 Å². The van der Waals surface area contributed by atoms with Crippen molar-refractivity contribution in [3.8, 4) is 5.69 Å². The van der Waals surface area contributed by atoms with Gasteiger partial charge in [0.05, 0.1) is 11.4 Å². The first-order chi connectivity index (χ1) is 8.59. The minimum absolute atomic E-state index is 0.0396. The predicted octanol–water partition coefficient (Wildman–Crippen LogP) is 2.51. The van der Waals surface area contributed by atoms with Crippen LogP contribution in [0, 0.1) is 6.92 Å². The van der Waals surface area contributed by atoms with E-state index in [0.29, 0.717) is 5.16 Å². The molecule has 0 aliphatic carbocycles. The first-order valence-electron chi connectivity index (χ1n) is 5.09. The highest BCUT2D eigenvalue weighted by Gasteiger charge is 2.12. The maximum atomic E-state index is 10.6. The number of carbonyl (C=O) groups is 1. The summed E-state index contributed by atoms with van der Waals surface area (Å²) >= 11 is 4.65.